The van der Waals surface area contributed by atoms with E-state index >= 15 is 0 Å². The van der Waals surface area contributed by atoms with Crippen molar-refractivity contribution in [1.29, 1.82) is 0 Å². The van der Waals surface area contributed by atoms with Crippen LogP contribution in [-0.2, 0) is 11.2 Å². The van der Waals surface area contributed by atoms with Crippen LogP contribution in [0.15, 0.2) is 47.2 Å². The van der Waals surface area contributed by atoms with Gasteiger partial charge in [0.1, 0.15) is 0 Å². The van der Waals surface area contributed by atoms with E-state index in [0.717, 1.165) is 12.0 Å². The van der Waals surface area contributed by atoms with Crippen molar-refractivity contribution in [2.75, 3.05) is 0 Å². The minimum atomic E-state index is -0.543. The Bertz CT molecular complexity index is 539. The Hall–Kier alpha value is -1.65. The topological polar surface area (TPSA) is 49.3 Å². The second-order valence-corrected chi connectivity index (χ2v) is 6.04. The number of benzene rings is 1. The Morgan fingerprint density at radius 2 is 2.05 bits per heavy atom. The van der Waals surface area contributed by atoms with Gasteiger partial charge in [-0.2, -0.15) is 11.3 Å². The Morgan fingerprint density at radius 3 is 2.71 bits per heavy atom. The van der Waals surface area contributed by atoms with Crippen LogP contribution in [-0.4, -0.2) is 17.1 Å². The van der Waals surface area contributed by atoms with Crippen LogP contribution in [0.25, 0.3) is 0 Å². The maximum atomic E-state index is 11.9. The first-order valence-corrected chi connectivity index (χ1v) is 8.13. The highest BCUT2D eigenvalue weighted by Gasteiger charge is 2.14. The molecule has 0 fully saturated rings. The summed E-state index contributed by atoms with van der Waals surface area (Å²) in [6, 6.07) is 11.5. The van der Waals surface area contributed by atoms with E-state index in [1.165, 1.54) is 5.56 Å². The van der Waals surface area contributed by atoms with Gasteiger partial charge in [0, 0.05) is 12.5 Å². The van der Waals surface area contributed by atoms with Gasteiger partial charge in [-0.15, -0.1) is 0 Å². The number of aliphatic hydroxyl groups is 1. The molecule has 0 spiro atoms. The molecule has 0 aliphatic carbocycles. The molecule has 0 aliphatic rings. The number of hydrogen-bond donors (Lipinski definition) is 2. The molecular formula is C17H21NO2S. The van der Waals surface area contributed by atoms with Gasteiger partial charge in [-0.1, -0.05) is 30.3 Å². The number of rotatable bonds is 7. The lowest BCUT2D eigenvalue weighted by Gasteiger charge is -2.18. The Balaban J connectivity index is 1.73. The van der Waals surface area contributed by atoms with Crippen molar-refractivity contribution < 1.29 is 9.90 Å². The van der Waals surface area contributed by atoms with Gasteiger partial charge in [0.25, 0.3) is 0 Å². The number of amides is 1. The number of carbonyl (C=O) groups excluding carboxylic acids is 1. The fourth-order valence-corrected chi connectivity index (χ4v) is 2.95. The summed E-state index contributed by atoms with van der Waals surface area (Å²) in [5, 5.41) is 17.2. The summed E-state index contributed by atoms with van der Waals surface area (Å²) in [5.41, 5.74) is 2.09. The summed E-state index contributed by atoms with van der Waals surface area (Å²) in [6.07, 6.45) is 1.23. The van der Waals surface area contributed by atoms with Crippen molar-refractivity contribution in [3.63, 3.8) is 0 Å². The molecule has 0 saturated carbocycles. The van der Waals surface area contributed by atoms with E-state index < -0.39 is 6.10 Å². The van der Waals surface area contributed by atoms with E-state index in [1.54, 1.807) is 11.3 Å². The molecule has 0 bridgehead atoms. The fraction of sp³-hybridized carbons (Fsp3) is 0.353. The number of carbonyl (C=O) groups is 1. The predicted octanol–water partition coefficient (Wildman–Crippen LogP) is 3.31. The molecule has 0 unspecified atom stereocenters. The third-order valence-electron chi connectivity index (χ3n) is 3.39. The van der Waals surface area contributed by atoms with Crippen molar-refractivity contribution in [3.8, 4) is 0 Å². The van der Waals surface area contributed by atoms with Crippen molar-refractivity contribution in [2.45, 2.75) is 38.3 Å². The summed E-state index contributed by atoms with van der Waals surface area (Å²) in [5.74, 6) is 0.0361. The first kappa shape index (κ1) is 15.7. The van der Waals surface area contributed by atoms with Crippen LogP contribution < -0.4 is 5.32 Å². The monoisotopic (exact) mass is 303 g/mol. The Morgan fingerprint density at radius 1 is 1.29 bits per heavy atom. The third-order valence-corrected chi connectivity index (χ3v) is 4.12. The first-order chi connectivity index (χ1) is 10.1. The number of aryl methyl sites for hydroxylation is 1. The van der Waals surface area contributed by atoms with Gasteiger partial charge in [-0.3, -0.25) is 4.79 Å². The van der Waals surface area contributed by atoms with Gasteiger partial charge >= 0.3 is 0 Å². The van der Waals surface area contributed by atoms with Crippen LogP contribution in [0.5, 0.6) is 0 Å². The molecular weight excluding hydrogens is 282 g/mol. The highest BCUT2D eigenvalue weighted by Crippen LogP contribution is 2.17. The molecule has 21 heavy (non-hydrogen) atoms. The number of aliphatic hydroxyl groups excluding tert-OH is 1. The van der Waals surface area contributed by atoms with Crippen molar-refractivity contribution in [2.24, 2.45) is 0 Å². The SMILES string of the molecule is C[C@@H](C[C@@H](O)c1ccccc1)NC(=O)CCc1ccsc1. The van der Waals surface area contributed by atoms with Crippen molar-refractivity contribution in [1.82, 2.24) is 5.32 Å². The zero-order valence-electron chi connectivity index (χ0n) is 12.2. The second kappa shape index (κ2) is 7.96. The molecule has 2 atom stereocenters. The summed E-state index contributed by atoms with van der Waals surface area (Å²) in [7, 11) is 0. The maximum Gasteiger partial charge on any atom is 0.220 e. The largest absolute Gasteiger partial charge is 0.388 e. The molecule has 112 valence electrons. The third kappa shape index (κ3) is 5.33. The highest BCUT2D eigenvalue weighted by molar-refractivity contribution is 7.07. The summed E-state index contributed by atoms with van der Waals surface area (Å²) in [6.45, 7) is 1.93. The quantitative estimate of drug-likeness (QED) is 0.824. The lowest BCUT2D eigenvalue weighted by Crippen LogP contribution is -2.33. The van der Waals surface area contributed by atoms with Crippen LogP contribution in [0.1, 0.15) is 37.0 Å². The molecule has 4 heteroatoms. The average Bonchev–Trinajstić information content (AvgIpc) is 2.99. The van der Waals surface area contributed by atoms with Gasteiger partial charge in [0.2, 0.25) is 5.91 Å². The molecule has 2 N–H and O–H groups in total. The molecule has 1 heterocycles. The standard InChI is InChI=1S/C17H21NO2S/c1-13(11-16(19)15-5-3-2-4-6-15)18-17(20)8-7-14-9-10-21-12-14/h2-6,9-10,12-13,16,19H,7-8,11H2,1H3,(H,18,20)/t13-,16+/m0/s1. The average molecular weight is 303 g/mol. The van der Waals surface area contributed by atoms with E-state index in [9.17, 15) is 9.90 Å². The van der Waals surface area contributed by atoms with Gasteiger partial charge in [-0.25, -0.2) is 0 Å². The van der Waals surface area contributed by atoms with Crippen LogP contribution in [0.3, 0.4) is 0 Å². The summed E-state index contributed by atoms with van der Waals surface area (Å²) in [4.78, 5) is 11.9. The maximum absolute atomic E-state index is 11.9. The van der Waals surface area contributed by atoms with Gasteiger partial charge < -0.3 is 10.4 Å². The molecule has 2 aromatic rings. The molecule has 1 aromatic heterocycles. The Kier molecular flexibility index (Phi) is 5.96. The highest BCUT2D eigenvalue weighted by atomic mass is 32.1. The summed E-state index contributed by atoms with van der Waals surface area (Å²) >= 11 is 1.65. The molecule has 0 saturated heterocycles. The van der Waals surface area contributed by atoms with Crippen LogP contribution >= 0.6 is 11.3 Å². The predicted molar refractivity (Wildman–Crippen MR) is 86.3 cm³/mol. The zero-order valence-corrected chi connectivity index (χ0v) is 13.0. The van der Waals surface area contributed by atoms with Crippen LogP contribution in [0.2, 0.25) is 0 Å². The fourth-order valence-electron chi connectivity index (χ4n) is 2.24. The lowest BCUT2D eigenvalue weighted by molar-refractivity contribution is -0.121. The second-order valence-electron chi connectivity index (χ2n) is 5.26. The number of hydrogen-bond acceptors (Lipinski definition) is 3. The van der Waals surface area contributed by atoms with E-state index in [4.69, 9.17) is 0 Å². The van der Waals surface area contributed by atoms with Gasteiger partial charge in [-0.05, 0) is 47.7 Å². The molecule has 1 aromatic carbocycles. The minimum Gasteiger partial charge on any atom is -0.388 e. The smallest absolute Gasteiger partial charge is 0.220 e. The molecule has 1 amide bonds. The van der Waals surface area contributed by atoms with E-state index in [-0.39, 0.29) is 11.9 Å². The Labute approximate surface area is 129 Å². The van der Waals surface area contributed by atoms with E-state index in [1.807, 2.05) is 48.7 Å². The zero-order chi connectivity index (χ0) is 15.1. The number of nitrogens with one attached hydrogen (secondary N) is 1. The number of thiophene rings is 1. The van der Waals surface area contributed by atoms with Crippen LogP contribution in [0.4, 0.5) is 0 Å². The molecule has 3 nitrogen and oxygen atoms in total. The normalized spacial score (nSPS) is 13.6. The van der Waals surface area contributed by atoms with E-state index in [0.29, 0.717) is 12.8 Å². The molecule has 0 radical (unpaired) electrons. The lowest BCUT2D eigenvalue weighted by atomic mass is 10.0. The van der Waals surface area contributed by atoms with Gasteiger partial charge in [0.05, 0.1) is 6.10 Å². The van der Waals surface area contributed by atoms with Crippen molar-refractivity contribution >= 4 is 17.2 Å². The van der Waals surface area contributed by atoms with Gasteiger partial charge in [0.15, 0.2) is 0 Å². The minimum absolute atomic E-state index is 0.0361. The molecule has 2 rings (SSSR count). The first-order valence-electron chi connectivity index (χ1n) is 7.18. The summed E-state index contributed by atoms with van der Waals surface area (Å²) < 4.78 is 0. The van der Waals surface area contributed by atoms with Crippen molar-refractivity contribution in [3.05, 3.63) is 58.3 Å². The molecule has 0 aliphatic heterocycles. The van der Waals surface area contributed by atoms with E-state index in [2.05, 4.69) is 10.7 Å². The van der Waals surface area contributed by atoms with Crippen LogP contribution in [0, 0.1) is 0 Å².